The van der Waals surface area contributed by atoms with Gasteiger partial charge >= 0.3 is 0 Å². The van der Waals surface area contributed by atoms with Gasteiger partial charge in [0, 0.05) is 10.7 Å². The zero-order valence-electron chi connectivity index (χ0n) is 9.65. The first-order valence-electron chi connectivity index (χ1n) is 5.29. The van der Waals surface area contributed by atoms with Crippen LogP contribution in [-0.2, 0) is 0 Å². The third-order valence-corrected chi connectivity index (χ3v) is 3.22. The Balaban J connectivity index is 2.28. The average molecular weight is 342 g/mol. The largest absolute Gasteiger partial charge is 0.322 e. The van der Waals surface area contributed by atoms with Crippen LogP contribution in [0.25, 0.3) is 0 Å². The number of nitrogens with zero attached hydrogens (tertiary/aromatic N) is 1. The maximum absolute atomic E-state index is 12.1. The second-order valence-electron chi connectivity index (χ2n) is 3.64. The number of nitrogens with one attached hydrogen (secondary N) is 2. The third-order valence-electron chi connectivity index (χ3n) is 2.40. The summed E-state index contributed by atoms with van der Waals surface area (Å²) >= 11 is 9.33. The molecule has 5 nitrogen and oxygen atoms in total. The molecule has 2 rings (SSSR count). The lowest BCUT2D eigenvalue weighted by Crippen LogP contribution is -2.17. The van der Waals surface area contributed by atoms with E-state index in [1.54, 1.807) is 24.3 Å². The molecule has 0 aliphatic heterocycles. The fraction of sp³-hybridized carbons (Fsp3) is 0. The Labute approximate surface area is 123 Å². The van der Waals surface area contributed by atoms with Crippen molar-refractivity contribution in [3.8, 4) is 0 Å². The van der Waals surface area contributed by atoms with Crippen LogP contribution in [0.3, 0.4) is 0 Å². The number of carbonyl (C=O) groups excluding carboxylic acids is 1. The van der Waals surface area contributed by atoms with Crippen LogP contribution in [0.2, 0.25) is 5.02 Å². The summed E-state index contributed by atoms with van der Waals surface area (Å²) < 4.78 is 0.819. The Morgan fingerprint density at radius 1 is 1.32 bits per heavy atom. The fourth-order valence-corrected chi connectivity index (χ4v) is 2.02. The lowest BCUT2D eigenvalue weighted by Gasteiger charge is -2.10. The van der Waals surface area contributed by atoms with Gasteiger partial charge in [0.15, 0.2) is 0 Å². The molecule has 0 bridgehead atoms. The van der Waals surface area contributed by atoms with Crippen LogP contribution in [0.5, 0.6) is 0 Å². The van der Waals surface area contributed by atoms with Gasteiger partial charge in [-0.25, -0.2) is 0 Å². The molecular formula is C12H10BrClN4O. The smallest absolute Gasteiger partial charge is 0.257 e. The summed E-state index contributed by atoms with van der Waals surface area (Å²) in [5.74, 6) is 5.01. The number of anilines is 2. The minimum atomic E-state index is -0.324. The van der Waals surface area contributed by atoms with Crippen LogP contribution >= 0.6 is 27.5 Å². The molecule has 0 fully saturated rings. The van der Waals surface area contributed by atoms with Gasteiger partial charge in [-0.2, -0.15) is 0 Å². The number of hydrazine groups is 1. The molecule has 0 radical (unpaired) electrons. The van der Waals surface area contributed by atoms with Gasteiger partial charge in [0.2, 0.25) is 0 Å². The lowest BCUT2D eigenvalue weighted by molar-refractivity contribution is 0.102. The number of carbonyl (C=O) groups is 1. The van der Waals surface area contributed by atoms with E-state index in [4.69, 9.17) is 17.4 Å². The highest BCUT2D eigenvalue weighted by atomic mass is 79.9. The molecule has 0 atom stereocenters. The first-order chi connectivity index (χ1) is 9.11. The number of halogens is 2. The van der Waals surface area contributed by atoms with Crippen molar-refractivity contribution in [3.63, 3.8) is 0 Å². The molecule has 1 aromatic heterocycles. The van der Waals surface area contributed by atoms with Crippen LogP contribution in [0, 0.1) is 0 Å². The maximum Gasteiger partial charge on any atom is 0.257 e. The van der Waals surface area contributed by atoms with Crippen molar-refractivity contribution in [2.75, 3.05) is 10.7 Å². The molecule has 1 aromatic carbocycles. The second-order valence-corrected chi connectivity index (χ2v) is 4.97. The summed E-state index contributed by atoms with van der Waals surface area (Å²) in [7, 11) is 0. The lowest BCUT2D eigenvalue weighted by atomic mass is 10.2. The van der Waals surface area contributed by atoms with E-state index in [0.29, 0.717) is 22.0 Å². The predicted octanol–water partition coefficient (Wildman–Crippen LogP) is 3.04. The van der Waals surface area contributed by atoms with Crippen molar-refractivity contribution in [3.05, 3.63) is 51.7 Å². The molecule has 98 valence electrons. The second kappa shape index (κ2) is 6.01. The maximum atomic E-state index is 12.1. The molecule has 4 N–H and O–H groups in total. The minimum absolute atomic E-state index is 0.324. The summed E-state index contributed by atoms with van der Waals surface area (Å²) in [4.78, 5) is 16.0. The van der Waals surface area contributed by atoms with Crippen molar-refractivity contribution in [1.29, 1.82) is 0 Å². The minimum Gasteiger partial charge on any atom is -0.322 e. The van der Waals surface area contributed by atoms with Crippen molar-refractivity contribution < 1.29 is 4.79 Å². The number of aromatic nitrogens is 1. The zero-order valence-corrected chi connectivity index (χ0v) is 12.0. The van der Waals surface area contributed by atoms with E-state index in [-0.39, 0.29) is 5.91 Å². The van der Waals surface area contributed by atoms with E-state index in [1.807, 2.05) is 0 Å². The monoisotopic (exact) mass is 340 g/mol. The highest BCUT2D eigenvalue weighted by Gasteiger charge is 2.12. The Kier molecular flexibility index (Phi) is 4.36. The molecule has 1 amide bonds. The number of benzene rings is 1. The summed E-state index contributed by atoms with van der Waals surface area (Å²) in [5.41, 5.74) is 3.76. The van der Waals surface area contributed by atoms with Crippen LogP contribution in [0.4, 0.5) is 11.4 Å². The number of nitrogens with two attached hydrogens (primary N) is 1. The van der Waals surface area contributed by atoms with Crippen LogP contribution in [-0.4, -0.2) is 10.9 Å². The SMILES string of the molecule is NNc1cnccc1C(=O)Nc1cc(Br)ccc1Cl. The quantitative estimate of drug-likeness (QED) is 0.592. The number of rotatable bonds is 3. The van der Waals surface area contributed by atoms with E-state index >= 15 is 0 Å². The van der Waals surface area contributed by atoms with Gasteiger partial charge in [-0.3, -0.25) is 15.6 Å². The van der Waals surface area contributed by atoms with Gasteiger partial charge in [0.1, 0.15) is 0 Å². The van der Waals surface area contributed by atoms with E-state index in [1.165, 1.54) is 12.4 Å². The number of nitrogen functional groups attached to an aromatic ring is 1. The van der Waals surface area contributed by atoms with Gasteiger partial charge in [0.25, 0.3) is 5.91 Å². The number of hydrogen-bond donors (Lipinski definition) is 3. The molecule has 19 heavy (non-hydrogen) atoms. The normalized spacial score (nSPS) is 10.1. The Bertz CT molecular complexity index is 620. The molecule has 0 aliphatic carbocycles. The molecule has 7 heteroatoms. The third kappa shape index (κ3) is 3.23. The van der Waals surface area contributed by atoms with Gasteiger partial charge in [0.05, 0.1) is 28.2 Å². The highest BCUT2D eigenvalue weighted by Crippen LogP contribution is 2.26. The topological polar surface area (TPSA) is 80.0 Å². The molecule has 0 saturated heterocycles. The number of hydrogen-bond acceptors (Lipinski definition) is 4. The Morgan fingerprint density at radius 3 is 2.84 bits per heavy atom. The van der Waals surface area contributed by atoms with Gasteiger partial charge in [-0.15, -0.1) is 0 Å². The van der Waals surface area contributed by atoms with Crippen molar-refractivity contribution in [2.24, 2.45) is 5.84 Å². The Hall–Kier alpha value is -1.63. The van der Waals surface area contributed by atoms with Crippen LogP contribution < -0.4 is 16.6 Å². The molecule has 0 unspecified atom stereocenters. The molecule has 0 saturated carbocycles. The van der Waals surface area contributed by atoms with Crippen molar-refractivity contribution in [1.82, 2.24) is 4.98 Å². The average Bonchev–Trinajstić information content (AvgIpc) is 2.42. The van der Waals surface area contributed by atoms with E-state index in [2.05, 4.69) is 31.7 Å². The summed E-state index contributed by atoms with van der Waals surface area (Å²) in [6.07, 6.45) is 2.98. The fourth-order valence-electron chi connectivity index (χ4n) is 1.49. The standard InChI is InChI=1S/C12H10BrClN4O/c13-7-1-2-9(14)10(5-7)17-12(19)8-3-4-16-6-11(8)18-15/h1-6,18H,15H2,(H,17,19). The number of pyridine rings is 1. The van der Waals surface area contributed by atoms with E-state index < -0.39 is 0 Å². The van der Waals surface area contributed by atoms with E-state index in [0.717, 1.165) is 4.47 Å². The van der Waals surface area contributed by atoms with Crippen LogP contribution in [0.1, 0.15) is 10.4 Å². The highest BCUT2D eigenvalue weighted by molar-refractivity contribution is 9.10. The van der Waals surface area contributed by atoms with Crippen molar-refractivity contribution in [2.45, 2.75) is 0 Å². The van der Waals surface area contributed by atoms with Gasteiger partial charge in [-0.1, -0.05) is 27.5 Å². The molecular weight excluding hydrogens is 332 g/mol. The molecule has 2 aromatic rings. The van der Waals surface area contributed by atoms with Crippen molar-refractivity contribution >= 4 is 44.8 Å². The first kappa shape index (κ1) is 13.8. The Morgan fingerprint density at radius 2 is 2.11 bits per heavy atom. The predicted molar refractivity (Wildman–Crippen MR) is 79.2 cm³/mol. The zero-order chi connectivity index (χ0) is 13.8. The summed E-state index contributed by atoms with van der Waals surface area (Å²) in [6.45, 7) is 0. The van der Waals surface area contributed by atoms with Gasteiger partial charge < -0.3 is 10.7 Å². The molecule has 0 spiro atoms. The van der Waals surface area contributed by atoms with Gasteiger partial charge in [-0.05, 0) is 24.3 Å². The molecule has 0 aliphatic rings. The first-order valence-corrected chi connectivity index (χ1v) is 6.46. The van der Waals surface area contributed by atoms with E-state index in [9.17, 15) is 4.79 Å². The molecule has 1 heterocycles. The van der Waals surface area contributed by atoms with Crippen LogP contribution in [0.15, 0.2) is 41.1 Å². The summed E-state index contributed by atoms with van der Waals surface area (Å²) in [6, 6.07) is 6.76. The summed E-state index contributed by atoms with van der Waals surface area (Å²) in [5, 5.41) is 3.17. The number of amides is 1.